The third-order valence-corrected chi connectivity index (χ3v) is 5.28. The summed E-state index contributed by atoms with van der Waals surface area (Å²) in [6.07, 6.45) is 2.65. The molecule has 2 rings (SSSR count). The highest BCUT2D eigenvalue weighted by Gasteiger charge is 2.18. The van der Waals surface area contributed by atoms with Crippen LogP contribution in [-0.2, 0) is 9.59 Å². The van der Waals surface area contributed by atoms with E-state index < -0.39 is 24.0 Å². The van der Waals surface area contributed by atoms with Gasteiger partial charge >= 0.3 is 12.1 Å². The molecule has 0 radical (unpaired) electrons. The first-order valence-electron chi connectivity index (χ1n) is 12.4. The number of carbonyl (C=O) groups excluding carboxylic acids is 2. The first kappa shape index (κ1) is 37.4. The first-order valence-corrected chi connectivity index (χ1v) is 13.1. The molecule has 10 N–H and O–H groups in total. The van der Waals surface area contributed by atoms with Crippen molar-refractivity contribution < 1.29 is 29.4 Å². The molecule has 0 aliphatic carbocycles. The highest BCUT2D eigenvalue weighted by Crippen LogP contribution is 2.15. The number of carboxylic acid groups (broad SMARTS) is 2. The number of hydrogen-bond donors (Lipinski definition) is 8. The molecular formula is C26H36Cl2N8O6. The summed E-state index contributed by atoms with van der Waals surface area (Å²) in [5.74, 6) is -2.37. The summed E-state index contributed by atoms with van der Waals surface area (Å²) in [6.45, 7) is 2.70. The number of benzene rings is 2. The van der Waals surface area contributed by atoms with Crippen LogP contribution in [0.1, 0.15) is 39.5 Å². The number of carboxylic acids is 2. The molecule has 0 aromatic heterocycles. The molecule has 0 unspecified atom stereocenters. The van der Waals surface area contributed by atoms with Gasteiger partial charge in [0.15, 0.2) is 11.9 Å². The zero-order valence-electron chi connectivity index (χ0n) is 23.2. The van der Waals surface area contributed by atoms with Crippen molar-refractivity contribution >= 4 is 70.5 Å². The topological polar surface area (TPSA) is 239 Å². The minimum atomic E-state index is -0.833. The Kier molecular flexibility index (Phi) is 18.1. The van der Waals surface area contributed by atoms with Crippen LogP contribution < -0.4 is 22.1 Å². The van der Waals surface area contributed by atoms with Gasteiger partial charge in [-0.25, -0.2) is 9.59 Å². The van der Waals surface area contributed by atoms with E-state index in [0.29, 0.717) is 34.3 Å². The fourth-order valence-electron chi connectivity index (χ4n) is 3.00. The number of urea groups is 2. The Hall–Kier alpha value is -4.56. The molecule has 0 spiro atoms. The summed E-state index contributed by atoms with van der Waals surface area (Å²) in [5.41, 5.74) is 12.2. The molecule has 230 valence electrons. The summed E-state index contributed by atoms with van der Waals surface area (Å²) < 4.78 is 0. The molecule has 14 nitrogen and oxygen atoms in total. The molecule has 42 heavy (non-hydrogen) atoms. The van der Waals surface area contributed by atoms with Crippen LogP contribution >= 0.6 is 23.2 Å². The van der Waals surface area contributed by atoms with E-state index in [1.165, 1.54) is 0 Å². The number of rotatable bonds is 9. The molecule has 0 aliphatic heterocycles. The quantitative estimate of drug-likeness (QED) is 0.108. The molecule has 4 amide bonds. The van der Waals surface area contributed by atoms with Crippen molar-refractivity contribution in [2.45, 2.75) is 39.5 Å². The predicted molar refractivity (Wildman–Crippen MR) is 163 cm³/mol. The van der Waals surface area contributed by atoms with Gasteiger partial charge in [0.05, 0.1) is 0 Å². The van der Waals surface area contributed by atoms with Gasteiger partial charge < -0.3 is 32.3 Å². The summed E-state index contributed by atoms with van der Waals surface area (Å²) in [6, 6.07) is 12.2. The third kappa shape index (κ3) is 17.9. The number of aliphatic carboxylic acids is 2. The minimum absolute atomic E-state index is 0.266. The molecule has 0 saturated carbocycles. The van der Waals surface area contributed by atoms with Gasteiger partial charge in [0.25, 0.3) is 11.9 Å². The van der Waals surface area contributed by atoms with Crippen LogP contribution in [0.5, 0.6) is 0 Å². The Morgan fingerprint density at radius 3 is 1.17 bits per heavy atom. The molecule has 2 aromatic rings. The molecule has 0 atom stereocenters. The lowest BCUT2D eigenvalue weighted by atomic mass is 10.2. The fraction of sp³-hybridized carbons (Fsp3) is 0.308. The Morgan fingerprint density at radius 2 is 0.929 bits per heavy atom. The van der Waals surface area contributed by atoms with Gasteiger partial charge in [-0.15, -0.1) is 0 Å². The number of nitrogens with two attached hydrogens (primary N) is 2. The van der Waals surface area contributed by atoms with Gasteiger partial charge in [0.2, 0.25) is 0 Å². The second-order valence-electron chi connectivity index (χ2n) is 8.40. The summed E-state index contributed by atoms with van der Waals surface area (Å²) in [5, 5.41) is 36.6. The number of nitrogens with zero attached hydrogens (tertiary/aromatic N) is 2. The Morgan fingerprint density at radius 1 is 0.667 bits per heavy atom. The number of carbonyl (C=O) groups is 4. The summed E-state index contributed by atoms with van der Waals surface area (Å²) in [4.78, 5) is 45.2. The van der Waals surface area contributed by atoms with Crippen LogP contribution in [-0.4, -0.2) is 69.0 Å². The average molecular weight is 628 g/mol. The number of unbranched alkanes of at least 4 members (excludes halogenated alkanes) is 3. The van der Waals surface area contributed by atoms with Gasteiger partial charge in [0, 0.05) is 48.4 Å². The monoisotopic (exact) mass is 626 g/mol. The van der Waals surface area contributed by atoms with Crippen molar-refractivity contribution in [3.8, 4) is 0 Å². The highest BCUT2D eigenvalue weighted by molar-refractivity contribution is 6.31. The van der Waals surface area contributed by atoms with Gasteiger partial charge in [-0.3, -0.25) is 30.2 Å². The van der Waals surface area contributed by atoms with E-state index >= 15 is 0 Å². The van der Waals surface area contributed by atoms with Crippen molar-refractivity contribution in [1.82, 2.24) is 9.80 Å². The van der Waals surface area contributed by atoms with E-state index in [4.69, 9.17) is 65.3 Å². The zero-order chi connectivity index (χ0) is 32.2. The second-order valence-corrected chi connectivity index (χ2v) is 9.27. The van der Waals surface area contributed by atoms with Crippen molar-refractivity contribution in [2.24, 2.45) is 11.5 Å². The van der Waals surface area contributed by atoms with E-state index in [0.717, 1.165) is 36.5 Å². The lowest BCUT2D eigenvalue weighted by Gasteiger charge is -2.22. The van der Waals surface area contributed by atoms with E-state index in [2.05, 4.69) is 10.6 Å². The van der Waals surface area contributed by atoms with Crippen LogP contribution in [0.4, 0.5) is 21.0 Å². The average Bonchev–Trinajstić information content (AvgIpc) is 2.87. The van der Waals surface area contributed by atoms with Crippen molar-refractivity contribution in [2.75, 3.05) is 23.7 Å². The van der Waals surface area contributed by atoms with Gasteiger partial charge in [-0.2, -0.15) is 0 Å². The van der Waals surface area contributed by atoms with Crippen LogP contribution in [0.2, 0.25) is 10.0 Å². The number of guanidine groups is 2. The maximum atomic E-state index is 12.4. The standard InChI is InChI=1S/C22H28Cl2N8O2.2C2H4O2/c23-15-5-9-17(10-6-15)29-21(33)31(19(25)26)13-3-1-2-4-14-32(20(27)28)22(34)30-18-11-7-16(24)8-12-18;2*1-2(3)4/h5-12H,1-4,13-14H2,(H3,25,26)(H3,27,28)(H,29,33)(H,30,34);2*1H3,(H,3,4). The Bertz CT molecular complexity index is 1090. The molecule has 0 fully saturated rings. The van der Waals surface area contributed by atoms with Gasteiger partial charge in [-0.1, -0.05) is 36.0 Å². The van der Waals surface area contributed by atoms with Crippen molar-refractivity contribution in [3.05, 3.63) is 58.6 Å². The lowest BCUT2D eigenvalue weighted by molar-refractivity contribution is -0.135. The number of anilines is 2. The number of amides is 4. The normalized spacial score (nSPS) is 9.52. The van der Waals surface area contributed by atoms with Crippen molar-refractivity contribution in [1.29, 1.82) is 10.8 Å². The van der Waals surface area contributed by atoms with Crippen LogP contribution in [0, 0.1) is 10.8 Å². The van der Waals surface area contributed by atoms with Crippen LogP contribution in [0.25, 0.3) is 0 Å². The lowest BCUT2D eigenvalue weighted by Crippen LogP contribution is -2.44. The molecule has 16 heteroatoms. The molecule has 0 saturated heterocycles. The largest absolute Gasteiger partial charge is 0.481 e. The Balaban J connectivity index is 0.00000186. The van der Waals surface area contributed by atoms with Gasteiger partial charge in [0.1, 0.15) is 0 Å². The zero-order valence-corrected chi connectivity index (χ0v) is 24.7. The maximum absolute atomic E-state index is 12.4. The van der Waals surface area contributed by atoms with E-state index in [9.17, 15) is 9.59 Å². The summed E-state index contributed by atoms with van der Waals surface area (Å²) in [7, 11) is 0. The molecule has 0 aliphatic rings. The number of hydrogen-bond acceptors (Lipinski definition) is 6. The SMILES string of the molecule is CC(=O)O.CC(=O)O.N=C(N)N(CCCCCCN(C(=N)N)C(=O)Nc1ccc(Cl)cc1)C(=O)Nc1ccc(Cl)cc1. The first-order chi connectivity index (χ1) is 19.6. The van der Waals surface area contributed by atoms with Crippen molar-refractivity contribution in [3.63, 3.8) is 0 Å². The van der Waals surface area contributed by atoms with E-state index in [1.54, 1.807) is 48.5 Å². The Labute approximate surface area is 253 Å². The second kappa shape index (κ2) is 20.3. The molecule has 0 heterocycles. The molecule has 2 aromatic carbocycles. The van der Waals surface area contributed by atoms with E-state index in [1.807, 2.05) is 0 Å². The number of halogens is 2. The fourth-order valence-corrected chi connectivity index (χ4v) is 3.26. The van der Waals surface area contributed by atoms with Crippen LogP contribution in [0.15, 0.2) is 48.5 Å². The van der Waals surface area contributed by atoms with Crippen LogP contribution in [0.3, 0.4) is 0 Å². The summed E-state index contributed by atoms with van der Waals surface area (Å²) >= 11 is 11.7. The maximum Gasteiger partial charge on any atom is 0.328 e. The van der Waals surface area contributed by atoms with Gasteiger partial charge in [-0.05, 0) is 61.4 Å². The molecule has 0 bridgehead atoms. The third-order valence-electron chi connectivity index (χ3n) is 4.78. The smallest absolute Gasteiger partial charge is 0.328 e. The predicted octanol–water partition coefficient (Wildman–Crippen LogP) is 4.89. The minimum Gasteiger partial charge on any atom is -0.481 e. The molecular weight excluding hydrogens is 591 g/mol. The highest BCUT2D eigenvalue weighted by atomic mass is 35.5. The van der Waals surface area contributed by atoms with E-state index in [-0.39, 0.29) is 25.0 Å². The number of nitrogens with one attached hydrogen (secondary N) is 4.